The van der Waals surface area contributed by atoms with Gasteiger partial charge in [-0.1, -0.05) is 31.4 Å². The first-order chi connectivity index (χ1) is 9.15. The van der Waals surface area contributed by atoms with E-state index in [1.165, 1.54) is 31.2 Å². The molecule has 3 atom stereocenters. The molecule has 0 aromatic heterocycles. The molecule has 1 aromatic carbocycles. The lowest BCUT2D eigenvalue weighted by Gasteiger charge is -2.33. The summed E-state index contributed by atoms with van der Waals surface area (Å²) in [4.78, 5) is 0. The Labute approximate surface area is 121 Å². The molecule has 0 aliphatic heterocycles. The predicted octanol–water partition coefficient (Wildman–Crippen LogP) is 4.22. The maximum absolute atomic E-state index is 6.15. The molecule has 2 rings (SSSR count). The topological polar surface area (TPSA) is 35.2 Å². The number of benzene rings is 1. The Kier molecular flexibility index (Phi) is 5.12. The van der Waals surface area contributed by atoms with E-state index in [1.54, 1.807) is 7.11 Å². The molecule has 0 heterocycles. The summed E-state index contributed by atoms with van der Waals surface area (Å²) in [5.41, 5.74) is 7.23. The van der Waals surface area contributed by atoms with Crippen molar-refractivity contribution in [2.45, 2.75) is 38.5 Å². The Morgan fingerprint density at radius 1 is 1.42 bits per heavy atom. The van der Waals surface area contributed by atoms with Crippen molar-refractivity contribution in [2.24, 2.45) is 17.6 Å². The summed E-state index contributed by atoms with van der Waals surface area (Å²) in [7, 11) is 1.71. The van der Waals surface area contributed by atoms with Gasteiger partial charge in [-0.25, -0.2) is 0 Å². The van der Waals surface area contributed by atoms with Crippen molar-refractivity contribution in [1.82, 2.24) is 0 Å². The van der Waals surface area contributed by atoms with Gasteiger partial charge in [0.2, 0.25) is 0 Å². The highest BCUT2D eigenvalue weighted by atomic mass is 35.5. The minimum absolute atomic E-state index is 0.358. The highest BCUT2D eigenvalue weighted by Crippen LogP contribution is 2.41. The van der Waals surface area contributed by atoms with Crippen LogP contribution in [0.4, 0.5) is 0 Å². The third kappa shape index (κ3) is 3.43. The van der Waals surface area contributed by atoms with Crippen LogP contribution in [-0.2, 0) is 0 Å². The largest absolute Gasteiger partial charge is 0.496 e. The third-order valence-electron chi connectivity index (χ3n) is 4.39. The molecule has 1 fully saturated rings. The number of nitrogens with two attached hydrogens (primary N) is 1. The van der Waals surface area contributed by atoms with Gasteiger partial charge in [-0.2, -0.15) is 0 Å². The SMILES string of the molecule is COc1ccc(Cl)cc1C(CN)C1CCCC(C)C1. The smallest absolute Gasteiger partial charge is 0.122 e. The van der Waals surface area contributed by atoms with E-state index in [2.05, 4.69) is 6.92 Å². The summed E-state index contributed by atoms with van der Waals surface area (Å²) in [5, 5.41) is 0.762. The first kappa shape index (κ1) is 14.7. The molecule has 3 heteroatoms. The van der Waals surface area contributed by atoms with E-state index >= 15 is 0 Å². The molecule has 0 bridgehead atoms. The summed E-state index contributed by atoms with van der Waals surface area (Å²) in [6.07, 6.45) is 5.19. The number of halogens is 1. The Hall–Kier alpha value is -0.730. The van der Waals surface area contributed by atoms with E-state index in [9.17, 15) is 0 Å². The molecular formula is C16H24ClNO. The van der Waals surface area contributed by atoms with Crippen LogP contribution in [0.1, 0.15) is 44.1 Å². The molecule has 0 radical (unpaired) electrons. The fraction of sp³-hybridized carbons (Fsp3) is 0.625. The lowest BCUT2D eigenvalue weighted by atomic mass is 9.73. The zero-order chi connectivity index (χ0) is 13.8. The van der Waals surface area contributed by atoms with Gasteiger partial charge < -0.3 is 10.5 Å². The van der Waals surface area contributed by atoms with Crippen molar-refractivity contribution in [3.05, 3.63) is 28.8 Å². The molecule has 3 unspecified atom stereocenters. The average Bonchev–Trinajstić information content (AvgIpc) is 2.40. The Balaban J connectivity index is 2.27. The van der Waals surface area contributed by atoms with E-state index in [4.69, 9.17) is 22.1 Å². The molecule has 19 heavy (non-hydrogen) atoms. The molecule has 1 aliphatic rings. The summed E-state index contributed by atoms with van der Waals surface area (Å²) >= 11 is 6.15. The van der Waals surface area contributed by atoms with E-state index in [-0.39, 0.29) is 0 Å². The first-order valence-electron chi connectivity index (χ1n) is 7.19. The van der Waals surface area contributed by atoms with Crippen LogP contribution >= 0.6 is 11.6 Å². The molecule has 106 valence electrons. The second kappa shape index (κ2) is 6.62. The van der Waals surface area contributed by atoms with Crippen LogP contribution in [0.3, 0.4) is 0 Å². The average molecular weight is 282 g/mol. The van der Waals surface area contributed by atoms with Crippen LogP contribution in [0.15, 0.2) is 18.2 Å². The quantitative estimate of drug-likeness (QED) is 0.897. The fourth-order valence-corrected chi connectivity index (χ4v) is 3.60. The summed E-state index contributed by atoms with van der Waals surface area (Å²) < 4.78 is 5.49. The summed E-state index contributed by atoms with van der Waals surface area (Å²) in [5.74, 6) is 2.73. The van der Waals surface area contributed by atoms with Gasteiger partial charge in [0.15, 0.2) is 0 Å². The van der Waals surface area contributed by atoms with Crippen LogP contribution < -0.4 is 10.5 Å². The second-order valence-electron chi connectivity index (χ2n) is 5.76. The van der Waals surface area contributed by atoms with Gasteiger partial charge in [0, 0.05) is 16.5 Å². The van der Waals surface area contributed by atoms with Crippen LogP contribution in [-0.4, -0.2) is 13.7 Å². The zero-order valence-corrected chi connectivity index (χ0v) is 12.6. The standard InChI is InChI=1S/C16H24ClNO/c1-11-4-3-5-12(8-11)15(10-18)14-9-13(17)6-7-16(14)19-2/h6-7,9,11-12,15H,3-5,8,10,18H2,1-2H3. The van der Waals surface area contributed by atoms with Gasteiger partial charge in [-0.3, -0.25) is 0 Å². The van der Waals surface area contributed by atoms with Crippen molar-refractivity contribution in [3.63, 3.8) is 0 Å². The number of ether oxygens (including phenoxy) is 1. The van der Waals surface area contributed by atoms with Gasteiger partial charge in [0.1, 0.15) is 5.75 Å². The fourth-order valence-electron chi connectivity index (χ4n) is 3.41. The van der Waals surface area contributed by atoms with Crippen molar-refractivity contribution >= 4 is 11.6 Å². The lowest BCUT2D eigenvalue weighted by molar-refractivity contribution is 0.245. The van der Waals surface area contributed by atoms with Crippen molar-refractivity contribution in [1.29, 1.82) is 0 Å². The maximum Gasteiger partial charge on any atom is 0.122 e. The van der Waals surface area contributed by atoms with E-state index in [0.717, 1.165) is 16.7 Å². The zero-order valence-electron chi connectivity index (χ0n) is 11.9. The number of hydrogen-bond donors (Lipinski definition) is 1. The molecular weight excluding hydrogens is 258 g/mol. The van der Waals surface area contributed by atoms with Gasteiger partial charge in [0.05, 0.1) is 7.11 Å². The molecule has 0 amide bonds. The number of rotatable bonds is 4. The first-order valence-corrected chi connectivity index (χ1v) is 7.57. The van der Waals surface area contributed by atoms with Gasteiger partial charge in [-0.15, -0.1) is 0 Å². The highest BCUT2D eigenvalue weighted by Gasteiger charge is 2.28. The molecule has 0 saturated heterocycles. The maximum atomic E-state index is 6.15. The van der Waals surface area contributed by atoms with Gasteiger partial charge in [-0.05, 0) is 49.4 Å². The Morgan fingerprint density at radius 2 is 2.21 bits per heavy atom. The van der Waals surface area contributed by atoms with Crippen LogP contribution in [0.2, 0.25) is 5.02 Å². The lowest BCUT2D eigenvalue weighted by Crippen LogP contribution is -2.26. The number of hydrogen-bond acceptors (Lipinski definition) is 2. The third-order valence-corrected chi connectivity index (χ3v) is 4.63. The van der Waals surface area contributed by atoms with Crippen LogP contribution in [0.25, 0.3) is 0 Å². The molecule has 1 saturated carbocycles. The second-order valence-corrected chi connectivity index (χ2v) is 6.20. The van der Waals surface area contributed by atoms with Crippen LogP contribution in [0.5, 0.6) is 5.75 Å². The van der Waals surface area contributed by atoms with E-state index in [0.29, 0.717) is 18.4 Å². The van der Waals surface area contributed by atoms with Crippen LogP contribution in [0, 0.1) is 11.8 Å². The summed E-state index contributed by atoms with van der Waals surface area (Å²) in [6.45, 7) is 3.00. The Bertz CT molecular complexity index is 421. The van der Waals surface area contributed by atoms with Crippen molar-refractivity contribution in [2.75, 3.05) is 13.7 Å². The molecule has 1 aromatic rings. The number of methoxy groups -OCH3 is 1. The monoisotopic (exact) mass is 281 g/mol. The highest BCUT2D eigenvalue weighted by molar-refractivity contribution is 6.30. The van der Waals surface area contributed by atoms with Gasteiger partial charge in [0.25, 0.3) is 0 Å². The Morgan fingerprint density at radius 3 is 2.84 bits per heavy atom. The molecule has 0 spiro atoms. The van der Waals surface area contributed by atoms with E-state index < -0.39 is 0 Å². The molecule has 2 nitrogen and oxygen atoms in total. The van der Waals surface area contributed by atoms with Crippen molar-refractivity contribution in [3.8, 4) is 5.75 Å². The molecule has 2 N–H and O–H groups in total. The predicted molar refractivity (Wildman–Crippen MR) is 80.9 cm³/mol. The summed E-state index contributed by atoms with van der Waals surface area (Å²) in [6, 6.07) is 5.85. The normalized spacial score (nSPS) is 25.1. The van der Waals surface area contributed by atoms with E-state index in [1.807, 2.05) is 18.2 Å². The minimum atomic E-state index is 0.358. The van der Waals surface area contributed by atoms with Crippen molar-refractivity contribution < 1.29 is 4.74 Å². The van der Waals surface area contributed by atoms with Gasteiger partial charge >= 0.3 is 0 Å². The minimum Gasteiger partial charge on any atom is -0.496 e. The molecule has 1 aliphatic carbocycles.